The number of amides is 1. The molecule has 3 rings (SSSR count). The van der Waals surface area contributed by atoms with Gasteiger partial charge in [-0.15, -0.1) is 0 Å². The van der Waals surface area contributed by atoms with Gasteiger partial charge >= 0.3 is 5.97 Å². The molecule has 0 bridgehead atoms. The molecule has 2 N–H and O–H groups in total. The molecule has 3 aromatic rings. The maximum Gasteiger partial charge on any atom is 0.338 e. The van der Waals surface area contributed by atoms with Crippen LogP contribution in [0, 0.1) is 0 Å². The second-order valence-electron chi connectivity index (χ2n) is 7.62. The Morgan fingerprint density at radius 3 is 2.09 bits per heavy atom. The van der Waals surface area contributed by atoms with Crippen LogP contribution in [-0.4, -0.2) is 40.0 Å². The number of carbonyl (C=O) groups is 2. The average molecular weight is 481 g/mol. The van der Waals surface area contributed by atoms with Crippen molar-refractivity contribution in [2.45, 2.75) is 24.2 Å². The van der Waals surface area contributed by atoms with Crippen molar-refractivity contribution in [1.82, 2.24) is 10.0 Å². The molecule has 0 atom stereocenters. The zero-order chi connectivity index (χ0) is 24.4. The number of hydrogen-bond donors (Lipinski definition) is 2. The summed E-state index contributed by atoms with van der Waals surface area (Å²) in [5.74, 6) is -1.08. The smallest absolute Gasteiger partial charge is 0.338 e. The standard InChI is InChI=1S/C26H28N2O5S/c1-2-28-34(31,32)23-15-9-14-22(18-23)26(30)33-19-25(29)27-17-16-24(20-10-5-3-6-11-20)21-12-7-4-8-13-21/h3-15,18,24,28H,2,16-17,19H2,1H3,(H,27,29). The van der Waals surface area contributed by atoms with Crippen molar-refractivity contribution in [2.24, 2.45) is 0 Å². The number of esters is 1. The molecule has 0 aliphatic rings. The number of carbonyl (C=O) groups excluding carboxylic acids is 2. The second-order valence-corrected chi connectivity index (χ2v) is 9.38. The predicted molar refractivity (Wildman–Crippen MR) is 130 cm³/mol. The lowest BCUT2D eigenvalue weighted by Gasteiger charge is -2.18. The Labute approximate surface area is 200 Å². The van der Waals surface area contributed by atoms with E-state index in [0.717, 1.165) is 11.1 Å². The van der Waals surface area contributed by atoms with E-state index in [9.17, 15) is 18.0 Å². The van der Waals surface area contributed by atoms with Crippen LogP contribution in [0.15, 0.2) is 89.8 Å². The molecule has 1 amide bonds. The maximum absolute atomic E-state index is 12.3. The molecule has 0 heterocycles. The van der Waals surface area contributed by atoms with E-state index in [1.54, 1.807) is 6.92 Å². The van der Waals surface area contributed by atoms with Gasteiger partial charge in [-0.2, -0.15) is 0 Å². The summed E-state index contributed by atoms with van der Waals surface area (Å²) in [5.41, 5.74) is 2.36. The Bertz CT molecular complexity index is 1160. The SMILES string of the molecule is CCNS(=O)(=O)c1cccc(C(=O)OCC(=O)NCCC(c2ccccc2)c2ccccc2)c1. The van der Waals surface area contributed by atoms with Gasteiger partial charge < -0.3 is 10.1 Å². The summed E-state index contributed by atoms with van der Waals surface area (Å²) in [6, 6.07) is 25.6. The van der Waals surface area contributed by atoms with Crippen LogP contribution in [0.3, 0.4) is 0 Å². The highest BCUT2D eigenvalue weighted by Crippen LogP contribution is 2.27. The minimum Gasteiger partial charge on any atom is -0.452 e. The minimum absolute atomic E-state index is 0.0406. The molecule has 178 valence electrons. The number of benzene rings is 3. The van der Waals surface area contributed by atoms with Gasteiger partial charge in [0.1, 0.15) is 0 Å². The Morgan fingerprint density at radius 1 is 0.882 bits per heavy atom. The Balaban J connectivity index is 1.54. The lowest BCUT2D eigenvalue weighted by Crippen LogP contribution is -2.30. The van der Waals surface area contributed by atoms with Crippen LogP contribution in [0.4, 0.5) is 0 Å². The molecule has 0 radical (unpaired) electrons. The molecule has 3 aromatic carbocycles. The lowest BCUT2D eigenvalue weighted by atomic mass is 9.88. The first-order valence-corrected chi connectivity index (χ1v) is 12.5. The average Bonchev–Trinajstić information content (AvgIpc) is 2.86. The monoisotopic (exact) mass is 480 g/mol. The van der Waals surface area contributed by atoms with Crippen LogP contribution in [0.25, 0.3) is 0 Å². The van der Waals surface area contributed by atoms with Crippen molar-refractivity contribution in [1.29, 1.82) is 0 Å². The highest BCUT2D eigenvalue weighted by atomic mass is 32.2. The van der Waals surface area contributed by atoms with Crippen molar-refractivity contribution >= 4 is 21.9 Å². The fourth-order valence-electron chi connectivity index (χ4n) is 3.58. The third-order valence-electron chi connectivity index (χ3n) is 5.21. The van der Waals surface area contributed by atoms with E-state index < -0.39 is 28.5 Å². The Kier molecular flexibility index (Phi) is 8.95. The number of sulfonamides is 1. The van der Waals surface area contributed by atoms with E-state index in [0.29, 0.717) is 13.0 Å². The predicted octanol–water partition coefficient (Wildman–Crippen LogP) is 3.48. The van der Waals surface area contributed by atoms with E-state index in [1.807, 2.05) is 36.4 Å². The van der Waals surface area contributed by atoms with Crippen LogP contribution in [0.2, 0.25) is 0 Å². The molecule has 34 heavy (non-hydrogen) atoms. The van der Waals surface area contributed by atoms with Crippen molar-refractivity contribution in [3.05, 3.63) is 102 Å². The highest BCUT2D eigenvalue weighted by Gasteiger charge is 2.17. The van der Waals surface area contributed by atoms with Crippen LogP contribution in [-0.2, 0) is 19.6 Å². The first-order chi connectivity index (χ1) is 16.4. The molecule has 0 saturated carbocycles. The van der Waals surface area contributed by atoms with Gasteiger partial charge in [-0.1, -0.05) is 73.7 Å². The molecule has 0 fully saturated rings. The Morgan fingerprint density at radius 2 is 1.50 bits per heavy atom. The number of rotatable bonds is 11. The van der Waals surface area contributed by atoms with Gasteiger partial charge in [0, 0.05) is 19.0 Å². The van der Waals surface area contributed by atoms with Crippen LogP contribution < -0.4 is 10.0 Å². The molecule has 0 spiro atoms. The Hall–Kier alpha value is -3.49. The summed E-state index contributed by atoms with van der Waals surface area (Å²) >= 11 is 0. The molecular formula is C26H28N2O5S. The van der Waals surface area contributed by atoms with Gasteiger partial charge in [0.15, 0.2) is 6.61 Å². The number of hydrogen-bond acceptors (Lipinski definition) is 5. The first kappa shape index (κ1) is 25.1. The molecular weight excluding hydrogens is 452 g/mol. The van der Waals surface area contributed by atoms with Crippen molar-refractivity contribution in [3.63, 3.8) is 0 Å². The van der Waals surface area contributed by atoms with E-state index >= 15 is 0 Å². The van der Waals surface area contributed by atoms with Crippen LogP contribution in [0.1, 0.15) is 40.7 Å². The summed E-state index contributed by atoms with van der Waals surface area (Å²) in [7, 11) is -3.70. The van der Waals surface area contributed by atoms with Gasteiger partial charge in [-0.25, -0.2) is 17.9 Å². The molecule has 8 heteroatoms. The van der Waals surface area contributed by atoms with Crippen LogP contribution in [0.5, 0.6) is 0 Å². The summed E-state index contributed by atoms with van der Waals surface area (Å²) in [6.45, 7) is 1.84. The van der Waals surface area contributed by atoms with Gasteiger partial charge in [-0.3, -0.25) is 4.79 Å². The normalized spacial score (nSPS) is 11.2. The van der Waals surface area contributed by atoms with Crippen LogP contribution >= 0.6 is 0 Å². The molecule has 7 nitrogen and oxygen atoms in total. The quantitative estimate of drug-likeness (QED) is 0.409. The fraction of sp³-hybridized carbons (Fsp3) is 0.231. The number of nitrogens with one attached hydrogen (secondary N) is 2. The van der Waals surface area contributed by atoms with Gasteiger partial charge in [0.2, 0.25) is 10.0 Å². The molecule has 0 saturated heterocycles. The van der Waals surface area contributed by atoms with E-state index in [1.165, 1.54) is 24.3 Å². The van der Waals surface area contributed by atoms with Crippen molar-refractivity contribution < 1.29 is 22.7 Å². The van der Waals surface area contributed by atoms with Crippen molar-refractivity contribution in [3.8, 4) is 0 Å². The van der Waals surface area contributed by atoms with Gasteiger partial charge in [0.25, 0.3) is 5.91 Å². The summed E-state index contributed by atoms with van der Waals surface area (Å²) < 4.78 is 31.7. The topological polar surface area (TPSA) is 102 Å². The highest BCUT2D eigenvalue weighted by molar-refractivity contribution is 7.89. The summed E-state index contributed by atoms with van der Waals surface area (Å²) in [4.78, 5) is 24.5. The van der Waals surface area contributed by atoms with Crippen molar-refractivity contribution in [2.75, 3.05) is 19.7 Å². The summed E-state index contributed by atoms with van der Waals surface area (Å²) in [5, 5.41) is 2.79. The van der Waals surface area contributed by atoms with E-state index in [2.05, 4.69) is 34.3 Å². The first-order valence-electron chi connectivity index (χ1n) is 11.0. The zero-order valence-electron chi connectivity index (χ0n) is 18.9. The minimum atomic E-state index is -3.70. The molecule has 0 aliphatic heterocycles. The molecule has 0 unspecified atom stereocenters. The van der Waals surface area contributed by atoms with Gasteiger partial charge in [-0.05, 0) is 35.7 Å². The number of ether oxygens (including phenoxy) is 1. The molecule has 0 aromatic heterocycles. The largest absolute Gasteiger partial charge is 0.452 e. The third kappa shape index (κ3) is 7.00. The third-order valence-corrected chi connectivity index (χ3v) is 6.75. The maximum atomic E-state index is 12.3. The van der Waals surface area contributed by atoms with E-state index in [-0.39, 0.29) is 22.9 Å². The van der Waals surface area contributed by atoms with Gasteiger partial charge in [0.05, 0.1) is 10.5 Å². The second kappa shape index (κ2) is 12.1. The van der Waals surface area contributed by atoms with E-state index in [4.69, 9.17) is 4.74 Å². The zero-order valence-corrected chi connectivity index (χ0v) is 19.8. The fourth-order valence-corrected chi connectivity index (χ4v) is 4.67. The lowest BCUT2D eigenvalue weighted by molar-refractivity contribution is -0.124. The summed E-state index contributed by atoms with van der Waals surface area (Å²) in [6.07, 6.45) is 0.679. The molecule has 0 aliphatic carbocycles.